The van der Waals surface area contributed by atoms with Crippen LogP contribution in [0.25, 0.3) is 0 Å². The maximum absolute atomic E-state index is 11.0. The SMILES string of the molecule is Cc1cccc(NCC2(O)CCCC2)c1[N+](=O)[O-]. The molecule has 1 aliphatic carbocycles. The number of benzene rings is 1. The van der Waals surface area contributed by atoms with E-state index in [-0.39, 0.29) is 10.6 Å². The van der Waals surface area contributed by atoms with Crippen molar-refractivity contribution >= 4 is 11.4 Å². The number of nitrogens with one attached hydrogen (secondary N) is 1. The molecule has 18 heavy (non-hydrogen) atoms. The third kappa shape index (κ3) is 2.61. The van der Waals surface area contributed by atoms with Crippen LogP contribution < -0.4 is 5.32 Å². The fourth-order valence-corrected chi connectivity index (χ4v) is 2.51. The van der Waals surface area contributed by atoms with Gasteiger partial charge in [-0.15, -0.1) is 0 Å². The second-order valence-electron chi connectivity index (χ2n) is 5.01. The van der Waals surface area contributed by atoms with Gasteiger partial charge in [-0.1, -0.05) is 25.0 Å². The molecule has 0 aromatic heterocycles. The number of anilines is 1. The van der Waals surface area contributed by atoms with E-state index in [1.807, 2.05) is 0 Å². The van der Waals surface area contributed by atoms with Crippen LogP contribution in [0.3, 0.4) is 0 Å². The van der Waals surface area contributed by atoms with Crippen molar-refractivity contribution in [3.63, 3.8) is 0 Å². The molecule has 1 aliphatic rings. The number of aliphatic hydroxyl groups is 1. The first-order chi connectivity index (χ1) is 8.52. The molecule has 0 atom stereocenters. The number of rotatable bonds is 4. The molecule has 5 nitrogen and oxygen atoms in total. The van der Waals surface area contributed by atoms with Gasteiger partial charge in [0.05, 0.1) is 10.5 Å². The minimum atomic E-state index is -0.711. The summed E-state index contributed by atoms with van der Waals surface area (Å²) in [6.45, 7) is 2.09. The van der Waals surface area contributed by atoms with E-state index in [0.29, 0.717) is 17.8 Å². The minimum absolute atomic E-state index is 0.0964. The first kappa shape index (κ1) is 12.8. The van der Waals surface area contributed by atoms with Crippen molar-refractivity contribution in [3.05, 3.63) is 33.9 Å². The van der Waals surface area contributed by atoms with Crippen LogP contribution in [0.2, 0.25) is 0 Å². The fourth-order valence-electron chi connectivity index (χ4n) is 2.51. The predicted octanol–water partition coefficient (Wildman–Crippen LogP) is 2.62. The molecular weight excluding hydrogens is 232 g/mol. The lowest BCUT2D eigenvalue weighted by Crippen LogP contribution is -2.33. The van der Waals surface area contributed by atoms with Crippen LogP contribution in [0, 0.1) is 17.0 Å². The summed E-state index contributed by atoms with van der Waals surface area (Å²) in [4.78, 5) is 10.6. The summed E-state index contributed by atoms with van der Waals surface area (Å²) < 4.78 is 0. The Hall–Kier alpha value is -1.62. The van der Waals surface area contributed by atoms with Crippen LogP contribution in [0.4, 0.5) is 11.4 Å². The summed E-state index contributed by atoms with van der Waals surface area (Å²) in [6.07, 6.45) is 3.57. The summed E-state index contributed by atoms with van der Waals surface area (Å²) in [7, 11) is 0. The molecule has 0 spiro atoms. The molecule has 0 aliphatic heterocycles. The number of hydrogen-bond donors (Lipinski definition) is 2. The van der Waals surface area contributed by atoms with Gasteiger partial charge in [0, 0.05) is 12.1 Å². The Kier molecular flexibility index (Phi) is 3.52. The van der Waals surface area contributed by atoms with Gasteiger partial charge in [-0.25, -0.2) is 0 Å². The lowest BCUT2D eigenvalue weighted by atomic mass is 10.0. The maximum atomic E-state index is 11.0. The molecule has 0 heterocycles. The van der Waals surface area contributed by atoms with Crippen LogP contribution in [0.5, 0.6) is 0 Å². The van der Waals surface area contributed by atoms with Crippen molar-refractivity contribution in [1.29, 1.82) is 0 Å². The third-order valence-corrected chi connectivity index (χ3v) is 3.56. The molecular formula is C13H18N2O3. The monoisotopic (exact) mass is 250 g/mol. The van der Waals surface area contributed by atoms with Gasteiger partial charge in [0.1, 0.15) is 5.69 Å². The van der Waals surface area contributed by atoms with E-state index >= 15 is 0 Å². The van der Waals surface area contributed by atoms with Crippen LogP contribution in [0.1, 0.15) is 31.2 Å². The van der Waals surface area contributed by atoms with Gasteiger partial charge < -0.3 is 10.4 Å². The van der Waals surface area contributed by atoms with Gasteiger partial charge >= 0.3 is 0 Å². The Labute approximate surface area is 106 Å². The van der Waals surface area contributed by atoms with Crippen LogP contribution in [-0.2, 0) is 0 Å². The minimum Gasteiger partial charge on any atom is -0.388 e. The molecule has 0 bridgehead atoms. The molecule has 0 radical (unpaired) electrons. The smallest absolute Gasteiger partial charge is 0.295 e. The van der Waals surface area contributed by atoms with Gasteiger partial charge in [0.15, 0.2) is 0 Å². The first-order valence-corrected chi connectivity index (χ1v) is 6.22. The zero-order valence-corrected chi connectivity index (χ0v) is 10.5. The number of nitro benzene ring substituents is 1. The van der Waals surface area contributed by atoms with Crippen LogP contribution in [0.15, 0.2) is 18.2 Å². The van der Waals surface area contributed by atoms with Gasteiger partial charge in [-0.3, -0.25) is 10.1 Å². The van der Waals surface area contributed by atoms with Crippen molar-refractivity contribution in [3.8, 4) is 0 Å². The Balaban J connectivity index is 2.14. The Morgan fingerprint density at radius 3 is 2.72 bits per heavy atom. The molecule has 2 rings (SSSR count). The first-order valence-electron chi connectivity index (χ1n) is 6.22. The van der Waals surface area contributed by atoms with E-state index in [1.54, 1.807) is 25.1 Å². The van der Waals surface area contributed by atoms with E-state index in [9.17, 15) is 15.2 Å². The summed E-state index contributed by atoms with van der Waals surface area (Å²) in [5, 5.41) is 24.3. The average molecular weight is 250 g/mol. The largest absolute Gasteiger partial charge is 0.388 e. The highest BCUT2D eigenvalue weighted by Crippen LogP contribution is 2.32. The molecule has 1 aromatic carbocycles. The molecule has 98 valence electrons. The topological polar surface area (TPSA) is 75.4 Å². The van der Waals surface area contributed by atoms with Crippen LogP contribution >= 0.6 is 0 Å². The van der Waals surface area contributed by atoms with Crippen molar-refractivity contribution < 1.29 is 10.0 Å². The second-order valence-corrected chi connectivity index (χ2v) is 5.01. The lowest BCUT2D eigenvalue weighted by Gasteiger charge is -2.23. The molecule has 0 unspecified atom stereocenters. The molecule has 1 saturated carbocycles. The Bertz CT molecular complexity index is 454. The molecule has 1 fully saturated rings. The molecule has 1 aromatic rings. The highest BCUT2D eigenvalue weighted by molar-refractivity contribution is 5.65. The highest BCUT2D eigenvalue weighted by atomic mass is 16.6. The fraction of sp³-hybridized carbons (Fsp3) is 0.538. The summed E-state index contributed by atoms with van der Waals surface area (Å²) in [5.41, 5.74) is 0.500. The Morgan fingerprint density at radius 1 is 1.44 bits per heavy atom. The van der Waals surface area contributed by atoms with Crippen molar-refractivity contribution in [2.45, 2.75) is 38.2 Å². The summed E-state index contributed by atoms with van der Waals surface area (Å²) in [5.74, 6) is 0. The van der Waals surface area contributed by atoms with E-state index in [0.717, 1.165) is 25.7 Å². The van der Waals surface area contributed by atoms with Gasteiger partial charge in [0.25, 0.3) is 5.69 Å². The average Bonchev–Trinajstić information content (AvgIpc) is 2.73. The van der Waals surface area contributed by atoms with E-state index in [1.165, 1.54) is 0 Å². The number of nitro groups is 1. The Morgan fingerprint density at radius 2 is 2.11 bits per heavy atom. The number of aryl methyl sites for hydroxylation is 1. The summed E-state index contributed by atoms with van der Waals surface area (Å²) >= 11 is 0. The van der Waals surface area contributed by atoms with Crippen molar-refractivity contribution in [1.82, 2.24) is 0 Å². The maximum Gasteiger partial charge on any atom is 0.295 e. The van der Waals surface area contributed by atoms with E-state index < -0.39 is 5.60 Å². The zero-order valence-electron chi connectivity index (χ0n) is 10.5. The van der Waals surface area contributed by atoms with Crippen molar-refractivity contribution in [2.75, 3.05) is 11.9 Å². The van der Waals surface area contributed by atoms with Crippen LogP contribution in [-0.4, -0.2) is 22.2 Å². The van der Waals surface area contributed by atoms with Gasteiger partial charge in [-0.2, -0.15) is 0 Å². The zero-order chi connectivity index (χ0) is 13.2. The van der Waals surface area contributed by atoms with Gasteiger partial charge in [-0.05, 0) is 25.8 Å². The standard InChI is InChI=1S/C13H18N2O3/c1-10-5-4-6-11(12(10)15(17)18)14-9-13(16)7-2-3-8-13/h4-6,14,16H,2-3,7-9H2,1H3. The highest BCUT2D eigenvalue weighted by Gasteiger charge is 2.31. The van der Waals surface area contributed by atoms with Crippen molar-refractivity contribution in [2.24, 2.45) is 0 Å². The third-order valence-electron chi connectivity index (χ3n) is 3.56. The molecule has 0 amide bonds. The quantitative estimate of drug-likeness (QED) is 0.636. The number of para-hydroxylation sites is 1. The van der Waals surface area contributed by atoms with E-state index in [4.69, 9.17) is 0 Å². The molecule has 0 saturated heterocycles. The summed E-state index contributed by atoms with van der Waals surface area (Å²) in [6, 6.07) is 5.18. The predicted molar refractivity (Wildman–Crippen MR) is 69.7 cm³/mol. The lowest BCUT2D eigenvalue weighted by molar-refractivity contribution is -0.384. The van der Waals surface area contributed by atoms with Gasteiger partial charge in [0.2, 0.25) is 0 Å². The normalized spacial score (nSPS) is 17.7. The second kappa shape index (κ2) is 4.94. The molecule has 2 N–H and O–H groups in total. The number of nitrogens with zero attached hydrogens (tertiary/aromatic N) is 1. The van der Waals surface area contributed by atoms with E-state index in [2.05, 4.69) is 5.32 Å². The molecule has 5 heteroatoms. The number of hydrogen-bond acceptors (Lipinski definition) is 4.